The summed E-state index contributed by atoms with van der Waals surface area (Å²) in [6, 6.07) is 5.07. The molecule has 1 rings (SSSR count). The molecule has 0 unspecified atom stereocenters. The fourth-order valence-corrected chi connectivity index (χ4v) is 2.75. The minimum Gasteiger partial charge on any atom is -0.504 e. The number of ether oxygens (including phenoxy) is 1. The average Bonchev–Trinajstić information content (AvgIpc) is 2.69. The van der Waals surface area contributed by atoms with Crippen molar-refractivity contribution in [3.63, 3.8) is 0 Å². The van der Waals surface area contributed by atoms with Gasteiger partial charge in [0.15, 0.2) is 11.5 Å². The van der Waals surface area contributed by atoms with Crippen molar-refractivity contribution in [1.29, 1.82) is 0 Å². The highest BCUT2D eigenvalue weighted by Gasteiger charge is 2.11. The molecular formula is C21H35N2O8P. The number of unbranched alkanes of at least 4 members (excludes halogenated alkanes) is 2. The minimum atomic E-state index is -4.10. The maximum atomic E-state index is 11.8. The van der Waals surface area contributed by atoms with Crippen LogP contribution in [-0.4, -0.2) is 51.8 Å². The third kappa shape index (κ3) is 17.3. The first-order chi connectivity index (χ1) is 14.9. The number of benzene rings is 1. The smallest absolute Gasteiger partial charge is 0.339 e. The SMILES string of the molecule is COc1cc(CNC(=O)CCCC/C=C/C(C)C)ccc1O.O=C(O)CNCP(=O)(O)O. The second kappa shape index (κ2) is 16.3. The molecule has 0 fully saturated rings. The summed E-state index contributed by atoms with van der Waals surface area (Å²) >= 11 is 0. The number of amides is 1. The molecule has 0 saturated heterocycles. The van der Waals surface area contributed by atoms with Crippen molar-refractivity contribution in [1.82, 2.24) is 10.6 Å². The largest absolute Gasteiger partial charge is 0.504 e. The maximum absolute atomic E-state index is 11.8. The van der Waals surface area contributed by atoms with Crippen LogP contribution < -0.4 is 15.4 Å². The summed E-state index contributed by atoms with van der Waals surface area (Å²) in [6.45, 7) is 4.32. The first-order valence-corrected chi connectivity index (χ1v) is 12.0. The zero-order valence-corrected chi connectivity index (χ0v) is 19.7. The molecule has 6 N–H and O–H groups in total. The fraction of sp³-hybridized carbons (Fsp3) is 0.524. The van der Waals surface area contributed by atoms with E-state index in [2.05, 4.69) is 36.6 Å². The first kappa shape index (κ1) is 29.6. The van der Waals surface area contributed by atoms with Gasteiger partial charge in [0.25, 0.3) is 0 Å². The summed E-state index contributed by atoms with van der Waals surface area (Å²) in [5.41, 5.74) is 0.905. The molecule has 182 valence electrons. The zero-order valence-electron chi connectivity index (χ0n) is 18.8. The number of hydrogen-bond acceptors (Lipinski definition) is 6. The van der Waals surface area contributed by atoms with E-state index in [-0.39, 0.29) is 11.7 Å². The standard InChI is InChI=1S/C18H27NO3.C3H8NO5P/c1-14(2)8-6-4-5-7-9-18(21)19-13-15-10-11-16(20)17(12-15)22-3;5-3(6)1-4-2-10(7,8)9/h6,8,10-12,14,20H,4-5,7,9,13H2,1-3H3,(H,19,21);4H,1-2H2,(H,5,6)(H2,7,8,9)/b8-6+;. The van der Waals surface area contributed by atoms with Crippen LogP contribution in [0.25, 0.3) is 0 Å². The van der Waals surface area contributed by atoms with E-state index in [4.69, 9.17) is 19.6 Å². The van der Waals surface area contributed by atoms with Crippen LogP contribution in [0.5, 0.6) is 11.5 Å². The molecule has 0 spiro atoms. The van der Waals surface area contributed by atoms with Crippen LogP contribution in [0.2, 0.25) is 0 Å². The van der Waals surface area contributed by atoms with Gasteiger partial charge in [0.05, 0.1) is 19.9 Å². The molecule has 0 radical (unpaired) electrons. The van der Waals surface area contributed by atoms with Gasteiger partial charge < -0.3 is 30.1 Å². The van der Waals surface area contributed by atoms with Gasteiger partial charge in [-0.1, -0.05) is 32.1 Å². The van der Waals surface area contributed by atoms with E-state index in [1.165, 1.54) is 7.11 Å². The van der Waals surface area contributed by atoms with E-state index >= 15 is 0 Å². The van der Waals surface area contributed by atoms with Gasteiger partial charge in [0, 0.05) is 13.0 Å². The number of aliphatic carboxylic acids is 1. The molecular weight excluding hydrogens is 439 g/mol. The molecule has 0 bridgehead atoms. The second-order valence-electron chi connectivity index (χ2n) is 7.34. The van der Waals surface area contributed by atoms with Gasteiger partial charge in [0.1, 0.15) is 0 Å². The van der Waals surface area contributed by atoms with Crippen molar-refractivity contribution in [3.8, 4) is 11.5 Å². The summed E-state index contributed by atoms with van der Waals surface area (Å²) in [4.78, 5) is 37.9. The highest BCUT2D eigenvalue weighted by molar-refractivity contribution is 7.51. The van der Waals surface area contributed by atoms with Crippen molar-refractivity contribution in [2.45, 2.75) is 46.1 Å². The topological polar surface area (TPSA) is 165 Å². The van der Waals surface area contributed by atoms with Gasteiger partial charge >= 0.3 is 13.6 Å². The highest BCUT2D eigenvalue weighted by atomic mass is 31.2. The maximum Gasteiger partial charge on any atom is 0.339 e. The van der Waals surface area contributed by atoms with Crippen LogP contribution in [0, 0.1) is 5.92 Å². The molecule has 10 nitrogen and oxygen atoms in total. The second-order valence-corrected chi connectivity index (χ2v) is 8.99. The number of nitrogens with one attached hydrogen (secondary N) is 2. The summed E-state index contributed by atoms with van der Waals surface area (Å²) < 4.78 is 15.1. The normalized spacial score (nSPS) is 11.2. The number of carbonyl (C=O) groups excluding carboxylic acids is 1. The van der Waals surface area contributed by atoms with E-state index in [9.17, 15) is 19.3 Å². The van der Waals surface area contributed by atoms with Crippen molar-refractivity contribution in [2.75, 3.05) is 19.9 Å². The highest BCUT2D eigenvalue weighted by Crippen LogP contribution is 2.31. The lowest BCUT2D eigenvalue weighted by Gasteiger charge is -2.08. The lowest BCUT2D eigenvalue weighted by Crippen LogP contribution is -2.23. The van der Waals surface area contributed by atoms with Crippen LogP contribution >= 0.6 is 7.60 Å². The molecule has 1 aromatic rings. The number of aromatic hydroxyl groups is 1. The van der Waals surface area contributed by atoms with Gasteiger partial charge in [-0.2, -0.15) is 0 Å². The molecule has 1 aromatic carbocycles. The molecule has 0 heterocycles. The summed E-state index contributed by atoms with van der Waals surface area (Å²) in [5, 5.41) is 22.5. The van der Waals surface area contributed by atoms with E-state index in [1.807, 2.05) is 0 Å². The average molecular weight is 474 g/mol. The molecule has 0 aliphatic rings. The molecule has 0 aliphatic carbocycles. The summed E-state index contributed by atoms with van der Waals surface area (Å²) in [7, 11) is -2.59. The van der Waals surface area contributed by atoms with E-state index in [0.717, 1.165) is 24.8 Å². The predicted molar refractivity (Wildman–Crippen MR) is 122 cm³/mol. The molecule has 0 aliphatic heterocycles. The molecule has 0 atom stereocenters. The first-order valence-electron chi connectivity index (χ1n) is 10.2. The van der Waals surface area contributed by atoms with Gasteiger partial charge in [-0.3, -0.25) is 19.5 Å². The number of phenols is 1. The number of rotatable bonds is 13. The Morgan fingerprint density at radius 1 is 1.22 bits per heavy atom. The van der Waals surface area contributed by atoms with Crippen LogP contribution in [0.1, 0.15) is 45.1 Å². The molecule has 1 amide bonds. The lowest BCUT2D eigenvalue weighted by atomic mass is 10.1. The van der Waals surface area contributed by atoms with Gasteiger partial charge in [-0.15, -0.1) is 0 Å². The molecule has 11 heteroatoms. The molecule has 0 saturated carbocycles. The van der Waals surface area contributed by atoms with Crippen LogP contribution in [0.4, 0.5) is 0 Å². The Morgan fingerprint density at radius 2 is 1.91 bits per heavy atom. The third-order valence-corrected chi connectivity index (χ3v) is 4.51. The Morgan fingerprint density at radius 3 is 2.47 bits per heavy atom. The van der Waals surface area contributed by atoms with Crippen molar-refractivity contribution >= 4 is 19.5 Å². The molecule has 0 aromatic heterocycles. The Bertz CT molecular complexity index is 777. The van der Waals surface area contributed by atoms with E-state index in [0.29, 0.717) is 24.6 Å². The van der Waals surface area contributed by atoms with Gasteiger partial charge in [-0.05, 0) is 42.9 Å². The van der Waals surface area contributed by atoms with E-state index < -0.39 is 26.4 Å². The number of carboxylic acid groups (broad SMARTS) is 1. The molecule has 32 heavy (non-hydrogen) atoms. The quantitative estimate of drug-likeness (QED) is 0.143. The number of carboxylic acids is 1. The number of methoxy groups -OCH3 is 1. The van der Waals surface area contributed by atoms with Crippen LogP contribution in [-0.2, 0) is 20.7 Å². The third-order valence-electron chi connectivity index (χ3n) is 3.87. The Kier molecular flexibility index (Phi) is 15.1. The Balaban J connectivity index is 0.000000809. The fourth-order valence-electron chi connectivity index (χ4n) is 2.35. The van der Waals surface area contributed by atoms with Crippen molar-refractivity contribution < 1.29 is 38.9 Å². The van der Waals surface area contributed by atoms with E-state index in [1.54, 1.807) is 18.2 Å². The Labute approximate surface area is 188 Å². The Hall–Kier alpha value is -2.39. The summed E-state index contributed by atoms with van der Waals surface area (Å²) in [5.74, 6) is 0.0228. The number of allylic oxidation sites excluding steroid dienone is 2. The number of phenolic OH excluding ortho intramolecular Hbond substituents is 1. The van der Waals surface area contributed by atoms with Crippen molar-refractivity contribution in [2.24, 2.45) is 5.92 Å². The van der Waals surface area contributed by atoms with Crippen LogP contribution in [0.15, 0.2) is 30.4 Å². The van der Waals surface area contributed by atoms with Crippen molar-refractivity contribution in [3.05, 3.63) is 35.9 Å². The van der Waals surface area contributed by atoms with Gasteiger partial charge in [0.2, 0.25) is 5.91 Å². The zero-order chi connectivity index (χ0) is 24.6. The lowest BCUT2D eigenvalue weighted by molar-refractivity contribution is -0.135. The minimum absolute atomic E-state index is 0.0554. The summed E-state index contributed by atoms with van der Waals surface area (Å²) in [6.07, 6.45) is 7.28. The number of hydrogen-bond donors (Lipinski definition) is 6. The number of carbonyl (C=O) groups is 2. The monoisotopic (exact) mass is 474 g/mol. The van der Waals surface area contributed by atoms with Crippen LogP contribution in [0.3, 0.4) is 0 Å². The predicted octanol–water partition coefficient (Wildman–Crippen LogP) is 2.59. The van der Waals surface area contributed by atoms with Gasteiger partial charge in [-0.25, -0.2) is 0 Å².